The first-order valence-corrected chi connectivity index (χ1v) is 9.53. The predicted molar refractivity (Wildman–Crippen MR) is 111 cm³/mol. The first-order valence-electron chi connectivity index (χ1n) is 9.53. The van der Waals surface area contributed by atoms with Crippen molar-refractivity contribution in [2.75, 3.05) is 0 Å². The highest BCUT2D eigenvalue weighted by atomic mass is 19.1. The van der Waals surface area contributed by atoms with E-state index in [0.717, 1.165) is 11.1 Å². The minimum Gasteiger partial charge on any atom is -0.410 e. The lowest BCUT2D eigenvalue weighted by Gasteiger charge is -2.15. The molecule has 0 aliphatic carbocycles. The van der Waals surface area contributed by atoms with Gasteiger partial charge in [0.15, 0.2) is 0 Å². The number of ether oxygens (including phenoxy) is 1. The summed E-state index contributed by atoms with van der Waals surface area (Å²) in [6.45, 7) is 3.65. The molecular formula is C22H19FN6O2. The van der Waals surface area contributed by atoms with E-state index in [2.05, 4.69) is 25.8 Å². The Balaban J connectivity index is 1.63. The van der Waals surface area contributed by atoms with E-state index in [4.69, 9.17) is 4.74 Å². The Hall–Kier alpha value is -4.14. The van der Waals surface area contributed by atoms with Crippen molar-refractivity contribution in [2.24, 2.45) is 0 Å². The molecule has 1 unspecified atom stereocenters. The number of carbonyl (C=O) groups is 1. The number of tetrazole rings is 1. The average molecular weight is 418 g/mol. The second-order valence-corrected chi connectivity index (χ2v) is 6.99. The molecule has 0 fully saturated rings. The summed E-state index contributed by atoms with van der Waals surface area (Å²) in [4.78, 5) is 16.4. The monoisotopic (exact) mass is 418 g/mol. The summed E-state index contributed by atoms with van der Waals surface area (Å²) in [5.41, 5.74) is 3.11. The van der Waals surface area contributed by atoms with Gasteiger partial charge in [-0.3, -0.25) is 4.98 Å². The Morgan fingerprint density at radius 3 is 2.65 bits per heavy atom. The second-order valence-electron chi connectivity index (χ2n) is 6.99. The molecule has 2 aromatic carbocycles. The number of amides is 1. The van der Waals surface area contributed by atoms with E-state index < -0.39 is 6.09 Å². The minimum absolute atomic E-state index is 0.224. The maximum absolute atomic E-state index is 14.6. The smallest absolute Gasteiger partial charge is 0.410 e. The number of aromatic nitrogens is 5. The Morgan fingerprint density at radius 1 is 1.13 bits per heavy atom. The van der Waals surface area contributed by atoms with Crippen LogP contribution < -0.4 is 10.1 Å². The Bertz CT molecular complexity index is 1200. The molecule has 9 heteroatoms. The van der Waals surface area contributed by atoms with Crippen molar-refractivity contribution in [1.82, 2.24) is 30.5 Å². The highest BCUT2D eigenvalue weighted by Gasteiger charge is 2.15. The zero-order chi connectivity index (χ0) is 21.8. The number of carbonyl (C=O) groups excluding carboxylic acids is 1. The number of nitrogens with one attached hydrogen (secondary N) is 1. The molecule has 31 heavy (non-hydrogen) atoms. The van der Waals surface area contributed by atoms with Gasteiger partial charge >= 0.3 is 6.09 Å². The summed E-state index contributed by atoms with van der Waals surface area (Å²) in [5.74, 6) is -0.155. The third-order valence-corrected chi connectivity index (χ3v) is 4.69. The topological polar surface area (TPSA) is 94.8 Å². The van der Waals surface area contributed by atoms with Crippen LogP contribution in [-0.4, -0.2) is 31.3 Å². The minimum atomic E-state index is -0.645. The van der Waals surface area contributed by atoms with Crippen molar-refractivity contribution >= 4 is 6.09 Å². The van der Waals surface area contributed by atoms with E-state index in [9.17, 15) is 9.18 Å². The average Bonchev–Trinajstić information content (AvgIpc) is 3.29. The standard InChI is InChI=1S/C22H19FN6O2/c1-14-3-4-20(21(23)9-14)17-10-18(29-13-25-27-28-29)12-19(11-17)31-22(30)26-15(2)16-5-7-24-8-6-16/h3-13,15H,1-2H3,(H,26,30). The molecule has 0 bridgehead atoms. The predicted octanol–water partition coefficient (Wildman–Crippen LogP) is 4.02. The number of aryl methyl sites for hydroxylation is 1. The fourth-order valence-electron chi connectivity index (χ4n) is 3.11. The maximum atomic E-state index is 14.6. The molecule has 0 aliphatic heterocycles. The van der Waals surface area contributed by atoms with Gasteiger partial charge in [-0.15, -0.1) is 5.10 Å². The van der Waals surface area contributed by atoms with Gasteiger partial charge in [-0.2, -0.15) is 0 Å². The van der Waals surface area contributed by atoms with Crippen LogP contribution in [0.25, 0.3) is 16.8 Å². The third-order valence-electron chi connectivity index (χ3n) is 4.69. The van der Waals surface area contributed by atoms with Gasteiger partial charge in [-0.1, -0.05) is 12.1 Å². The Kier molecular flexibility index (Phi) is 5.65. The van der Waals surface area contributed by atoms with E-state index in [-0.39, 0.29) is 17.6 Å². The van der Waals surface area contributed by atoms with E-state index in [0.29, 0.717) is 16.8 Å². The van der Waals surface area contributed by atoms with E-state index >= 15 is 0 Å². The number of nitrogens with zero attached hydrogens (tertiary/aromatic N) is 5. The number of hydrogen-bond donors (Lipinski definition) is 1. The van der Waals surface area contributed by atoms with Crippen molar-refractivity contribution in [1.29, 1.82) is 0 Å². The second kappa shape index (κ2) is 8.70. The normalized spacial score (nSPS) is 11.7. The van der Waals surface area contributed by atoms with Crippen LogP contribution in [0.5, 0.6) is 5.75 Å². The van der Waals surface area contributed by atoms with E-state index in [1.54, 1.807) is 36.7 Å². The van der Waals surface area contributed by atoms with Crippen LogP contribution in [0, 0.1) is 12.7 Å². The van der Waals surface area contributed by atoms with Gasteiger partial charge in [-0.05, 0) is 71.3 Å². The highest BCUT2D eigenvalue weighted by Crippen LogP contribution is 2.30. The molecule has 1 N–H and O–H groups in total. The number of pyridine rings is 1. The lowest BCUT2D eigenvalue weighted by molar-refractivity contribution is 0.197. The molecular weight excluding hydrogens is 399 g/mol. The zero-order valence-corrected chi connectivity index (χ0v) is 16.9. The summed E-state index contributed by atoms with van der Waals surface area (Å²) in [6.07, 6.45) is 4.06. The molecule has 0 aliphatic rings. The van der Waals surface area contributed by atoms with Crippen LogP contribution in [0.4, 0.5) is 9.18 Å². The molecule has 1 atom stereocenters. The van der Waals surface area contributed by atoms with E-state index in [1.165, 1.54) is 17.1 Å². The molecule has 0 saturated heterocycles. The summed E-state index contributed by atoms with van der Waals surface area (Å²) in [5, 5.41) is 13.9. The van der Waals surface area contributed by atoms with Gasteiger partial charge < -0.3 is 10.1 Å². The van der Waals surface area contributed by atoms with Gasteiger partial charge in [0, 0.05) is 24.0 Å². The van der Waals surface area contributed by atoms with Gasteiger partial charge in [-0.25, -0.2) is 13.9 Å². The largest absolute Gasteiger partial charge is 0.413 e. The van der Waals surface area contributed by atoms with Crippen LogP contribution in [0.15, 0.2) is 67.3 Å². The van der Waals surface area contributed by atoms with Crippen molar-refractivity contribution in [3.63, 3.8) is 0 Å². The van der Waals surface area contributed by atoms with Crippen molar-refractivity contribution in [2.45, 2.75) is 19.9 Å². The van der Waals surface area contributed by atoms with Gasteiger partial charge in [0.2, 0.25) is 0 Å². The third kappa shape index (κ3) is 4.72. The van der Waals surface area contributed by atoms with E-state index in [1.807, 2.05) is 32.0 Å². The summed E-state index contributed by atoms with van der Waals surface area (Å²) < 4.78 is 21.5. The molecule has 8 nitrogen and oxygen atoms in total. The van der Waals surface area contributed by atoms with Crippen molar-refractivity contribution in [3.05, 3.63) is 84.2 Å². The molecule has 1 amide bonds. The van der Waals surface area contributed by atoms with Gasteiger partial charge in [0.05, 0.1) is 11.7 Å². The molecule has 2 aromatic heterocycles. The van der Waals surface area contributed by atoms with Crippen LogP contribution >= 0.6 is 0 Å². The number of benzene rings is 2. The quantitative estimate of drug-likeness (QED) is 0.526. The van der Waals surface area contributed by atoms with Gasteiger partial charge in [0.25, 0.3) is 0 Å². The highest BCUT2D eigenvalue weighted by molar-refractivity contribution is 5.74. The maximum Gasteiger partial charge on any atom is 0.413 e. The zero-order valence-electron chi connectivity index (χ0n) is 16.9. The number of hydrogen-bond acceptors (Lipinski definition) is 6. The molecule has 156 valence electrons. The molecule has 2 heterocycles. The van der Waals surface area contributed by atoms with Crippen LogP contribution in [-0.2, 0) is 0 Å². The number of rotatable bonds is 5. The SMILES string of the molecule is Cc1ccc(-c2cc(OC(=O)NC(C)c3ccncc3)cc(-n3cnnn3)c2)c(F)c1. The molecule has 0 saturated carbocycles. The van der Waals surface area contributed by atoms with Crippen molar-refractivity contribution < 1.29 is 13.9 Å². The van der Waals surface area contributed by atoms with Crippen molar-refractivity contribution in [3.8, 4) is 22.6 Å². The lowest BCUT2D eigenvalue weighted by Crippen LogP contribution is -2.29. The fraction of sp³-hybridized carbons (Fsp3) is 0.136. The molecule has 0 spiro atoms. The molecule has 4 aromatic rings. The first-order chi connectivity index (χ1) is 15.0. The first kappa shape index (κ1) is 20.1. The Labute approximate surface area is 177 Å². The van der Waals surface area contributed by atoms with Crippen LogP contribution in [0.2, 0.25) is 0 Å². The van der Waals surface area contributed by atoms with Crippen LogP contribution in [0.1, 0.15) is 24.1 Å². The fourth-order valence-corrected chi connectivity index (χ4v) is 3.11. The Morgan fingerprint density at radius 2 is 1.94 bits per heavy atom. The molecule has 4 rings (SSSR count). The lowest BCUT2D eigenvalue weighted by atomic mass is 10.0. The number of halogens is 1. The molecule has 0 radical (unpaired) electrons. The summed E-state index contributed by atoms with van der Waals surface area (Å²) >= 11 is 0. The van der Waals surface area contributed by atoms with Gasteiger partial charge in [0.1, 0.15) is 17.9 Å². The summed E-state index contributed by atoms with van der Waals surface area (Å²) in [6, 6.07) is 13.2. The van der Waals surface area contributed by atoms with Crippen LogP contribution in [0.3, 0.4) is 0 Å². The summed E-state index contributed by atoms with van der Waals surface area (Å²) in [7, 11) is 0.